The van der Waals surface area contributed by atoms with Crippen molar-refractivity contribution in [3.63, 3.8) is 0 Å². The van der Waals surface area contributed by atoms with E-state index in [2.05, 4.69) is 19.1 Å². The van der Waals surface area contributed by atoms with Gasteiger partial charge < -0.3 is 5.73 Å². The first-order valence-electron chi connectivity index (χ1n) is 5.43. The fraction of sp³-hybridized carbons (Fsp3) is 0.143. The number of thioether (sulfide) groups is 1. The zero-order valence-corrected chi connectivity index (χ0v) is 11.1. The Balaban J connectivity index is 2.14. The molecule has 0 aliphatic heterocycles. The van der Waals surface area contributed by atoms with Gasteiger partial charge in [0.15, 0.2) is 0 Å². The molecule has 0 fully saturated rings. The maximum absolute atomic E-state index is 6.14. The lowest BCUT2D eigenvalue weighted by Crippen LogP contribution is -1.90. The van der Waals surface area contributed by atoms with E-state index in [0.717, 1.165) is 15.6 Å². The molecule has 0 bridgehead atoms. The minimum absolute atomic E-state index is 0.357. The van der Waals surface area contributed by atoms with Gasteiger partial charge >= 0.3 is 0 Å². The minimum Gasteiger partial charge on any atom is -0.399 e. The normalized spacial score (nSPS) is 12.4. The molecule has 2 aromatic carbocycles. The van der Waals surface area contributed by atoms with Crippen molar-refractivity contribution in [1.29, 1.82) is 0 Å². The molecule has 0 spiro atoms. The number of nitrogen functional groups attached to an aromatic ring is 1. The van der Waals surface area contributed by atoms with Crippen molar-refractivity contribution in [3.8, 4) is 0 Å². The van der Waals surface area contributed by atoms with Crippen LogP contribution >= 0.6 is 23.4 Å². The molecule has 2 aromatic rings. The molecule has 0 aliphatic carbocycles. The topological polar surface area (TPSA) is 26.0 Å². The van der Waals surface area contributed by atoms with Crippen LogP contribution in [0.4, 0.5) is 5.69 Å². The lowest BCUT2D eigenvalue weighted by Gasteiger charge is -2.12. The van der Waals surface area contributed by atoms with E-state index in [9.17, 15) is 0 Å². The Bertz CT molecular complexity index is 496. The highest BCUT2D eigenvalue weighted by Gasteiger charge is 2.09. The molecule has 88 valence electrons. The highest BCUT2D eigenvalue weighted by Crippen LogP contribution is 2.38. The molecular weight excluding hydrogens is 250 g/mol. The van der Waals surface area contributed by atoms with Gasteiger partial charge in [0.1, 0.15) is 0 Å². The number of hydrogen-bond donors (Lipinski definition) is 1. The Hall–Kier alpha value is -1.12. The lowest BCUT2D eigenvalue weighted by atomic mass is 10.1. The molecule has 2 rings (SSSR count). The van der Waals surface area contributed by atoms with E-state index in [1.165, 1.54) is 5.56 Å². The standard InChI is InChI=1S/C14H14ClNS/c1-10(11-6-8-12(16)9-7-11)17-14-5-3-2-4-13(14)15/h2-10H,16H2,1H3. The molecule has 0 aliphatic rings. The summed E-state index contributed by atoms with van der Waals surface area (Å²) in [5.41, 5.74) is 7.72. The molecule has 0 amide bonds. The average molecular weight is 264 g/mol. The number of nitrogens with two attached hydrogens (primary N) is 1. The molecule has 0 aromatic heterocycles. The van der Waals surface area contributed by atoms with E-state index in [1.54, 1.807) is 11.8 Å². The predicted molar refractivity (Wildman–Crippen MR) is 76.6 cm³/mol. The van der Waals surface area contributed by atoms with Gasteiger partial charge in [-0.1, -0.05) is 35.9 Å². The smallest absolute Gasteiger partial charge is 0.0542 e. The Morgan fingerprint density at radius 2 is 1.71 bits per heavy atom. The zero-order valence-electron chi connectivity index (χ0n) is 9.56. The maximum Gasteiger partial charge on any atom is 0.0542 e. The first-order chi connectivity index (χ1) is 8.16. The maximum atomic E-state index is 6.14. The summed E-state index contributed by atoms with van der Waals surface area (Å²) < 4.78 is 0. The van der Waals surface area contributed by atoms with Crippen LogP contribution in [0.3, 0.4) is 0 Å². The molecule has 3 heteroatoms. The largest absolute Gasteiger partial charge is 0.399 e. The first-order valence-corrected chi connectivity index (χ1v) is 6.69. The lowest BCUT2D eigenvalue weighted by molar-refractivity contribution is 1.10. The summed E-state index contributed by atoms with van der Waals surface area (Å²) in [6.07, 6.45) is 0. The second-order valence-corrected chi connectivity index (χ2v) is 5.65. The molecular formula is C14H14ClNS. The third kappa shape index (κ3) is 3.18. The average Bonchev–Trinajstić information content (AvgIpc) is 2.33. The fourth-order valence-corrected chi connectivity index (χ4v) is 2.85. The number of rotatable bonds is 3. The fourth-order valence-electron chi connectivity index (χ4n) is 1.57. The van der Waals surface area contributed by atoms with Crippen molar-refractivity contribution in [2.75, 3.05) is 5.73 Å². The van der Waals surface area contributed by atoms with Crippen molar-refractivity contribution in [3.05, 3.63) is 59.1 Å². The monoisotopic (exact) mass is 263 g/mol. The predicted octanol–water partition coefficient (Wildman–Crippen LogP) is 4.78. The van der Waals surface area contributed by atoms with Crippen LogP contribution in [0.2, 0.25) is 5.02 Å². The second kappa shape index (κ2) is 5.48. The minimum atomic E-state index is 0.357. The highest BCUT2D eigenvalue weighted by molar-refractivity contribution is 7.99. The van der Waals surface area contributed by atoms with Crippen LogP contribution in [0, 0.1) is 0 Å². The Morgan fingerprint density at radius 1 is 1.06 bits per heavy atom. The molecule has 1 nitrogen and oxygen atoms in total. The van der Waals surface area contributed by atoms with E-state index in [-0.39, 0.29) is 0 Å². The number of hydrogen-bond acceptors (Lipinski definition) is 2. The summed E-state index contributed by atoms with van der Waals surface area (Å²) in [6.45, 7) is 2.17. The number of anilines is 1. The van der Waals surface area contributed by atoms with Crippen LogP contribution < -0.4 is 5.73 Å². The Labute approximate surface area is 111 Å². The summed E-state index contributed by atoms with van der Waals surface area (Å²) >= 11 is 7.90. The summed E-state index contributed by atoms with van der Waals surface area (Å²) in [4.78, 5) is 1.11. The Kier molecular flexibility index (Phi) is 3.97. The zero-order chi connectivity index (χ0) is 12.3. The Morgan fingerprint density at radius 3 is 2.35 bits per heavy atom. The molecule has 2 N–H and O–H groups in total. The van der Waals surface area contributed by atoms with Crippen molar-refractivity contribution in [1.82, 2.24) is 0 Å². The molecule has 1 atom stereocenters. The quantitative estimate of drug-likeness (QED) is 0.637. The van der Waals surface area contributed by atoms with Gasteiger partial charge in [-0.05, 0) is 36.8 Å². The van der Waals surface area contributed by atoms with Gasteiger partial charge in [-0.15, -0.1) is 11.8 Å². The number of halogens is 1. The SMILES string of the molecule is CC(Sc1ccccc1Cl)c1ccc(N)cc1. The molecule has 0 radical (unpaired) electrons. The van der Waals surface area contributed by atoms with Crippen molar-refractivity contribution < 1.29 is 0 Å². The summed E-state index contributed by atoms with van der Waals surface area (Å²) in [7, 11) is 0. The summed E-state index contributed by atoms with van der Waals surface area (Å²) in [6, 6.07) is 15.9. The van der Waals surface area contributed by atoms with Gasteiger partial charge in [0.05, 0.1) is 5.02 Å². The van der Waals surface area contributed by atoms with Crippen molar-refractivity contribution >= 4 is 29.1 Å². The van der Waals surface area contributed by atoms with E-state index < -0.39 is 0 Å². The van der Waals surface area contributed by atoms with Crippen molar-refractivity contribution in [2.45, 2.75) is 17.1 Å². The summed E-state index contributed by atoms with van der Waals surface area (Å²) in [5, 5.41) is 1.16. The van der Waals surface area contributed by atoms with Gasteiger partial charge in [-0.3, -0.25) is 0 Å². The highest BCUT2D eigenvalue weighted by atomic mass is 35.5. The molecule has 0 saturated carbocycles. The van der Waals surface area contributed by atoms with Crippen LogP contribution in [-0.2, 0) is 0 Å². The van der Waals surface area contributed by atoms with Gasteiger partial charge in [-0.25, -0.2) is 0 Å². The van der Waals surface area contributed by atoms with E-state index >= 15 is 0 Å². The van der Waals surface area contributed by atoms with Crippen LogP contribution in [0.1, 0.15) is 17.7 Å². The van der Waals surface area contributed by atoms with Crippen LogP contribution in [0.15, 0.2) is 53.4 Å². The van der Waals surface area contributed by atoms with Crippen molar-refractivity contribution in [2.24, 2.45) is 0 Å². The van der Waals surface area contributed by atoms with Crippen LogP contribution in [0.5, 0.6) is 0 Å². The van der Waals surface area contributed by atoms with E-state index in [4.69, 9.17) is 17.3 Å². The van der Waals surface area contributed by atoms with E-state index in [0.29, 0.717) is 5.25 Å². The molecule has 0 heterocycles. The van der Waals surface area contributed by atoms with Crippen LogP contribution in [-0.4, -0.2) is 0 Å². The molecule has 0 saturated heterocycles. The first kappa shape index (κ1) is 12.3. The van der Waals surface area contributed by atoms with Gasteiger partial charge in [-0.2, -0.15) is 0 Å². The van der Waals surface area contributed by atoms with E-state index in [1.807, 2.05) is 36.4 Å². The second-order valence-electron chi connectivity index (χ2n) is 3.86. The van der Waals surface area contributed by atoms with Gasteiger partial charge in [0.2, 0.25) is 0 Å². The van der Waals surface area contributed by atoms with Crippen LogP contribution in [0.25, 0.3) is 0 Å². The molecule has 1 unspecified atom stereocenters. The summed E-state index contributed by atoms with van der Waals surface area (Å²) in [5.74, 6) is 0. The van der Waals surface area contributed by atoms with Gasteiger partial charge in [0.25, 0.3) is 0 Å². The number of benzene rings is 2. The van der Waals surface area contributed by atoms with Gasteiger partial charge in [0, 0.05) is 15.8 Å². The molecule has 17 heavy (non-hydrogen) atoms. The third-order valence-electron chi connectivity index (χ3n) is 2.55. The third-order valence-corrected chi connectivity index (χ3v) is 4.22.